The van der Waals surface area contributed by atoms with E-state index in [1.54, 1.807) is 0 Å². The van der Waals surface area contributed by atoms with Crippen LogP contribution in [0.25, 0.3) is 6.08 Å². The standard InChI is InChI=1S/C21H23ClF3NO9/c1-10(35-26(29)30)9-31-19(28)33-11(2)32-18(27)13-6-12-7-15(22)14(20(3,4)5)8-16(12)34-17(13)21(23,24)25/h6-8,10-11,17H,9H2,1-5H3/t10-,11?,17?/m0/s1. The number of carbonyl (C=O) groups excluding carboxylic acids is 2. The zero-order valence-electron chi connectivity index (χ0n) is 19.3. The Kier molecular flexibility index (Phi) is 8.47. The quantitative estimate of drug-likeness (QED) is 0.210. The third-order valence-electron chi connectivity index (χ3n) is 4.52. The van der Waals surface area contributed by atoms with Gasteiger partial charge in [0.2, 0.25) is 12.4 Å². The zero-order chi connectivity index (χ0) is 26.7. The van der Waals surface area contributed by atoms with Crippen molar-refractivity contribution in [1.29, 1.82) is 0 Å². The SMILES string of the molecule is CC(OC(=O)OC[C@H](C)O[N+](=O)[O-])OC(=O)C1=Cc2cc(Cl)c(C(C)(C)C)cc2OC1C(F)(F)F. The van der Waals surface area contributed by atoms with Crippen LogP contribution in [0.15, 0.2) is 17.7 Å². The van der Waals surface area contributed by atoms with Gasteiger partial charge in [0, 0.05) is 17.5 Å². The van der Waals surface area contributed by atoms with E-state index < -0.39 is 59.5 Å². The van der Waals surface area contributed by atoms with Crippen molar-refractivity contribution in [3.05, 3.63) is 44.0 Å². The molecule has 1 aromatic rings. The van der Waals surface area contributed by atoms with Crippen molar-refractivity contribution in [2.75, 3.05) is 6.61 Å². The number of ether oxygens (including phenoxy) is 4. The van der Waals surface area contributed by atoms with Crippen molar-refractivity contribution >= 4 is 29.8 Å². The molecule has 2 unspecified atom stereocenters. The number of esters is 1. The highest BCUT2D eigenvalue weighted by Gasteiger charge is 2.49. The van der Waals surface area contributed by atoms with Gasteiger partial charge in [-0.1, -0.05) is 32.4 Å². The lowest BCUT2D eigenvalue weighted by Crippen LogP contribution is -2.41. The maximum Gasteiger partial charge on any atom is 0.511 e. The van der Waals surface area contributed by atoms with Crippen molar-refractivity contribution < 1.29 is 51.6 Å². The highest BCUT2D eigenvalue weighted by Crippen LogP contribution is 2.42. The zero-order valence-corrected chi connectivity index (χ0v) is 20.1. The fraction of sp³-hybridized carbons (Fsp3) is 0.524. The Balaban J connectivity index is 2.18. The summed E-state index contributed by atoms with van der Waals surface area (Å²) in [5, 5.41) is 9.39. The lowest BCUT2D eigenvalue weighted by Gasteiger charge is -2.30. The number of hydrogen-bond donors (Lipinski definition) is 0. The van der Waals surface area contributed by atoms with Gasteiger partial charge in [0.15, 0.2) is 0 Å². The third kappa shape index (κ3) is 7.64. The predicted octanol–water partition coefficient (Wildman–Crippen LogP) is 4.98. The average molecular weight is 526 g/mol. The molecule has 10 nitrogen and oxygen atoms in total. The molecule has 0 radical (unpaired) electrons. The molecule has 35 heavy (non-hydrogen) atoms. The smallest absolute Gasteiger partial charge is 0.475 e. The Bertz CT molecular complexity index is 1020. The van der Waals surface area contributed by atoms with Crippen molar-refractivity contribution in [2.45, 2.75) is 64.7 Å². The summed E-state index contributed by atoms with van der Waals surface area (Å²) in [5.41, 5.74) is -0.692. The summed E-state index contributed by atoms with van der Waals surface area (Å²) in [6.07, 6.45) is -10.8. The van der Waals surface area contributed by atoms with Gasteiger partial charge in [-0.15, -0.1) is 10.1 Å². The van der Waals surface area contributed by atoms with Crippen LogP contribution in [0, 0.1) is 10.1 Å². The Morgan fingerprint density at radius 1 is 1.20 bits per heavy atom. The fourth-order valence-electron chi connectivity index (χ4n) is 2.98. The van der Waals surface area contributed by atoms with Gasteiger partial charge >= 0.3 is 18.3 Å². The molecule has 0 spiro atoms. The molecule has 0 aliphatic carbocycles. The molecule has 1 aliphatic rings. The molecule has 1 aromatic carbocycles. The van der Waals surface area contributed by atoms with E-state index in [0.717, 1.165) is 13.0 Å². The summed E-state index contributed by atoms with van der Waals surface area (Å²) in [6, 6.07) is 2.77. The molecular weight excluding hydrogens is 503 g/mol. The first-order valence-electron chi connectivity index (χ1n) is 10.1. The first kappa shape index (κ1) is 28.0. The number of carbonyl (C=O) groups is 2. The van der Waals surface area contributed by atoms with Crippen LogP contribution in [-0.2, 0) is 29.3 Å². The molecular formula is C21H23ClF3NO9. The fourth-order valence-corrected chi connectivity index (χ4v) is 3.43. The molecule has 0 bridgehead atoms. The monoisotopic (exact) mass is 525 g/mol. The second-order valence-corrected chi connectivity index (χ2v) is 8.96. The summed E-state index contributed by atoms with van der Waals surface area (Å²) in [4.78, 5) is 38.5. The van der Waals surface area contributed by atoms with Crippen LogP contribution in [0.3, 0.4) is 0 Å². The number of fused-ring (bicyclic) bond motifs is 1. The molecule has 0 saturated heterocycles. The van der Waals surface area contributed by atoms with Crippen LogP contribution in [0.2, 0.25) is 5.02 Å². The maximum absolute atomic E-state index is 13.7. The number of halogens is 4. The Morgan fingerprint density at radius 2 is 1.83 bits per heavy atom. The van der Waals surface area contributed by atoms with E-state index in [1.165, 1.54) is 19.1 Å². The summed E-state index contributed by atoms with van der Waals surface area (Å²) >= 11 is 6.28. The molecule has 2 rings (SSSR count). The molecule has 3 atom stereocenters. The van der Waals surface area contributed by atoms with E-state index in [1.807, 2.05) is 20.8 Å². The summed E-state index contributed by atoms with van der Waals surface area (Å²) in [5.74, 6) is -1.57. The van der Waals surface area contributed by atoms with Crippen molar-refractivity contribution in [2.24, 2.45) is 0 Å². The van der Waals surface area contributed by atoms with Gasteiger partial charge in [-0.2, -0.15) is 13.2 Å². The molecule has 1 aliphatic heterocycles. The Hall–Kier alpha value is -3.22. The first-order chi connectivity index (χ1) is 16.0. The van der Waals surface area contributed by atoms with Crippen LogP contribution >= 0.6 is 11.6 Å². The molecule has 0 aromatic heterocycles. The molecule has 14 heteroatoms. The molecule has 0 fully saturated rings. The van der Waals surface area contributed by atoms with E-state index in [9.17, 15) is 32.9 Å². The number of benzene rings is 1. The summed E-state index contributed by atoms with van der Waals surface area (Å²) in [6.45, 7) is 7.21. The Labute approximate surface area is 203 Å². The average Bonchev–Trinajstić information content (AvgIpc) is 2.68. The second kappa shape index (κ2) is 10.6. The summed E-state index contributed by atoms with van der Waals surface area (Å²) < 4.78 is 60.2. The van der Waals surface area contributed by atoms with E-state index in [0.29, 0.717) is 5.56 Å². The van der Waals surface area contributed by atoms with Gasteiger partial charge in [-0.3, -0.25) is 0 Å². The summed E-state index contributed by atoms with van der Waals surface area (Å²) in [7, 11) is 0. The minimum absolute atomic E-state index is 0.114. The maximum atomic E-state index is 13.7. The third-order valence-corrected chi connectivity index (χ3v) is 4.83. The van der Waals surface area contributed by atoms with Crippen LogP contribution in [0.1, 0.15) is 45.7 Å². The van der Waals surface area contributed by atoms with Gasteiger partial charge in [0.05, 0.1) is 5.57 Å². The first-order valence-corrected chi connectivity index (χ1v) is 10.5. The number of hydrogen-bond acceptors (Lipinski definition) is 9. The normalized spacial score (nSPS) is 17.2. The van der Waals surface area contributed by atoms with Crippen LogP contribution < -0.4 is 4.74 Å². The molecule has 194 valence electrons. The van der Waals surface area contributed by atoms with E-state index in [-0.39, 0.29) is 16.3 Å². The van der Waals surface area contributed by atoms with Gasteiger partial charge in [-0.05, 0) is 36.1 Å². The minimum Gasteiger partial charge on any atom is -0.475 e. The largest absolute Gasteiger partial charge is 0.511 e. The molecule has 0 N–H and O–H groups in total. The lowest BCUT2D eigenvalue weighted by atomic mass is 9.85. The van der Waals surface area contributed by atoms with Crippen LogP contribution in [0.4, 0.5) is 18.0 Å². The Morgan fingerprint density at radius 3 is 2.37 bits per heavy atom. The highest BCUT2D eigenvalue weighted by atomic mass is 35.5. The molecule has 0 amide bonds. The van der Waals surface area contributed by atoms with Gasteiger partial charge < -0.3 is 23.8 Å². The van der Waals surface area contributed by atoms with Gasteiger partial charge in [-0.25, -0.2) is 9.59 Å². The minimum atomic E-state index is -4.97. The van der Waals surface area contributed by atoms with Gasteiger partial charge in [0.25, 0.3) is 5.09 Å². The topological polar surface area (TPSA) is 123 Å². The van der Waals surface area contributed by atoms with Crippen LogP contribution in [0.5, 0.6) is 5.75 Å². The van der Waals surface area contributed by atoms with E-state index >= 15 is 0 Å². The predicted molar refractivity (Wildman–Crippen MR) is 114 cm³/mol. The van der Waals surface area contributed by atoms with Crippen molar-refractivity contribution in [3.8, 4) is 5.75 Å². The lowest BCUT2D eigenvalue weighted by molar-refractivity contribution is -0.767. The van der Waals surface area contributed by atoms with Gasteiger partial charge in [0.1, 0.15) is 18.5 Å². The second-order valence-electron chi connectivity index (χ2n) is 8.55. The number of nitrogens with zero attached hydrogens (tertiary/aromatic N) is 1. The van der Waals surface area contributed by atoms with Crippen molar-refractivity contribution in [3.63, 3.8) is 0 Å². The molecule has 1 heterocycles. The number of rotatable bonds is 7. The molecule has 0 saturated carbocycles. The van der Waals surface area contributed by atoms with Crippen molar-refractivity contribution in [1.82, 2.24) is 0 Å². The highest BCUT2D eigenvalue weighted by molar-refractivity contribution is 6.31. The van der Waals surface area contributed by atoms with E-state index in [2.05, 4.69) is 14.3 Å². The van der Waals surface area contributed by atoms with E-state index in [4.69, 9.17) is 21.1 Å². The van der Waals surface area contributed by atoms with Crippen LogP contribution in [-0.4, -0.2) is 48.5 Å². The number of alkyl halides is 3.